The van der Waals surface area contributed by atoms with Gasteiger partial charge in [-0.2, -0.15) is 0 Å². The molecule has 1 aliphatic carbocycles. The molecule has 0 bridgehead atoms. The van der Waals surface area contributed by atoms with Crippen molar-refractivity contribution in [3.63, 3.8) is 0 Å². The lowest BCUT2D eigenvalue weighted by atomic mass is 9.90. The van der Waals surface area contributed by atoms with Crippen LogP contribution in [0.15, 0.2) is 12.1 Å². The second-order valence-corrected chi connectivity index (χ2v) is 6.27. The van der Waals surface area contributed by atoms with Crippen LogP contribution in [0, 0.1) is 5.92 Å². The molecule has 0 amide bonds. The van der Waals surface area contributed by atoms with Gasteiger partial charge in [-0.3, -0.25) is 0 Å². The van der Waals surface area contributed by atoms with Crippen molar-refractivity contribution in [2.24, 2.45) is 5.92 Å². The van der Waals surface area contributed by atoms with Gasteiger partial charge < -0.3 is 4.84 Å². The van der Waals surface area contributed by atoms with Gasteiger partial charge in [0.2, 0.25) is 6.21 Å². The average molecular weight is 273 g/mol. The maximum Gasteiger partial charge on any atom is 0.208 e. The largest absolute Gasteiger partial charge is 0.332 e. The van der Waals surface area contributed by atoms with Crippen LogP contribution >= 0.6 is 0 Å². The SMILES string of the molecule is CC[N+]1=Cc2cc3c(cc2ON1CC(C)C)CCCC3. The van der Waals surface area contributed by atoms with Gasteiger partial charge >= 0.3 is 0 Å². The Labute approximate surface area is 121 Å². The van der Waals surface area contributed by atoms with Gasteiger partial charge in [0.05, 0.1) is 5.56 Å². The summed E-state index contributed by atoms with van der Waals surface area (Å²) in [5, 5.41) is 2.00. The molecule has 1 heterocycles. The number of nitrogens with zero attached hydrogens (tertiary/aromatic N) is 2. The van der Waals surface area contributed by atoms with Gasteiger partial charge in [-0.1, -0.05) is 18.5 Å². The van der Waals surface area contributed by atoms with Crippen molar-refractivity contribution in [1.82, 2.24) is 5.17 Å². The number of aryl methyl sites for hydroxylation is 2. The van der Waals surface area contributed by atoms with Gasteiger partial charge in [0, 0.05) is 0 Å². The van der Waals surface area contributed by atoms with Crippen LogP contribution in [0.5, 0.6) is 5.75 Å². The lowest BCUT2D eigenvalue weighted by Gasteiger charge is -2.27. The van der Waals surface area contributed by atoms with Gasteiger partial charge in [-0.15, -0.1) is 0 Å². The first-order valence-electron chi connectivity index (χ1n) is 7.90. The molecule has 20 heavy (non-hydrogen) atoms. The van der Waals surface area contributed by atoms with E-state index in [9.17, 15) is 0 Å². The summed E-state index contributed by atoms with van der Waals surface area (Å²) < 4.78 is 2.18. The molecule has 2 aliphatic rings. The van der Waals surface area contributed by atoms with Gasteiger partial charge in [-0.05, 0) is 67.0 Å². The molecule has 108 valence electrons. The van der Waals surface area contributed by atoms with E-state index in [1.165, 1.54) is 42.4 Å². The van der Waals surface area contributed by atoms with Crippen LogP contribution in [0.1, 0.15) is 50.3 Å². The van der Waals surface area contributed by atoms with E-state index in [-0.39, 0.29) is 0 Å². The summed E-state index contributed by atoms with van der Waals surface area (Å²) in [4.78, 5) is 6.14. The van der Waals surface area contributed by atoms with Crippen molar-refractivity contribution < 1.29 is 9.52 Å². The standard InChI is InChI=1S/C17H25N2O/c1-4-18-12-16-9-14-7-5-6-8-15(14)10-17(16)20-19(18)11-13(2)3/h9-10,12-13H,4-8,11H2,1-3H3/q+1. The third kappa shape index (κ3) is 2.54. The fraction of sp³-hybridized carbons (Fsp3) is 0.588. The zero-order valence-corrected chi connectivity index (χ0v) is 12.9. The maximum atomic E-state index is 6.14. The van der Waals surface area contributed by atoms with Crippen LogP contribution < -0.4 is 4.84 Å². The molecular weight excluding hydrogens is 248 g/mol. The third-order valence-corrected chi connectivity index (χ3v) is 4.10. The van der Waals surface area contributed by atoms with Crippen LogP contribution in [-0.4, -0.2) is 29.2 Å². The van der Waals surface area contributed by atoms with Gasteiger partial charge in [0.15, 0.2) is 12.3 Å². The van der Waals surface area contributed by atoms with E-state index in [4.69, 9.17) is 4.84 Å². The van der Waals surface area contributed by atoms with E-state index in [0.29, 0.717) is 5.92 Å². The molecule has 0 atom stereocenters. The van der Waals surface area contributed by atoms with Gasteiger partial charge in [0.25, 0.3) is 0 Å². The Kier molecular flexibility index (Phi) is 3.68. The summed E-state index contributed by atoms with van der Waals surface area (Å²) in [7, 11) is 0. The Morgan fingerprint density at radius 3 is 2.55 bits per heavy atom. The molecule has 0 unspecified atom stereocenters. The number of hydroxylamine groups is 1. The predicted octanol–water partition coefficient (Wildman–Crippen LogP) is 3.20. The Morgan fingerprint density at radius 2 is 1.90 bits per heavy atom. The zero-order valence-electron chi connectivity index (χ0n) is 12.9. The number of rotatable bonds is 3. The van der Waals surface area contributed by atoms with Gasteiger partial charge in [0.1, 0.15) is 6.54 Å². The molecular formula is C17H25N2O+. The van der Waals surface area contributed by atoms with E-state index < -0.39 is 0 Å². The minimum absolute atomic E-state index is 0.580. The first-order chi connectivity index (χ1) is 9.67. The van der Waals surface area contributed by atoms with Crippen molar-refractivity contribution in [2.75, 3.05) is 13.1 Å². The number of fused-ring (bicyclic) bond motifs is 2. The monoisotopic (exact) mass is 273 g/mol. The molecule has 0 radical (unpaired) electrons. The Hall–Kier alpha value is -1.51. The van der Waals surface area contributed by atoms with Crippen LogP contribution in [0.25, 0.3) is 0 Å². The van der Waals surface area contributed by atoms with Crippen molar-refractivity contribution in [3.8, 4) is 5.75 Å². The van der Waals surface area contributed by atoms with E-state index in [0.717, 1.165) is 18.8 Å². The molecule has 0 aromatic heterocycles. The van der Waals surface area contributed by atoms with E-state index in [1.807, 2.05) is 5.17 Å². The Balaban J connectivity index is 1.95. The summed E-state index contributed by atoms with van der Waals surface area (Å²) in [5.41, 5.74) is 4.23. The van der Waals surface area contributed by atoms with Gasteiger partial charge in [-0.25, -0.2) is 0 Å². The predicted molar refractivity (Wildman–Crippen MR) is 81.2 cm³/mol. The maximum absolute atomic E-state index is 6.14. The average Bonchev–Trinajstić information content (AvgIpc) is 2.44. The van der Waals surface area contributed by atoms with Crippen molar-refractivity contribution in [2.45, 2.75) is 46.5 Å². The smallest absolute Gasteiger partial charge is 0.208 e. The van der Waals surface area contributed by atoms with E-state index in [2.05, 4.69) is 43.8 Å². The van der Waals surface area contributed by atoms with Crippen molar-refractivity contribution >= 4 is 6.21 Å². The first kappa shape index (κ1) is 13.5. The Morgan fingerprint density at radius 1 is 1.20 bits per heavy atom. The number of hydrazone groups is 1. The molecule has 0 saturated carbocycles. The lowest BCUT2D eigenvalue weighted by molar-refractivity contribution is -0.745. The molecule has 0 saturated heterocycles. The van der Waals surface area contributed by atoms with Crippen LogP contribution in [-0.2, 0) is 12.8 Å². The normalized spacial score (nSPS) is 17.4. The topological polar surface area (TPSA) is 15.5 Å². The molecule has 1 aromatic carbocycles. The van der Waals surface area contributed by atoms with Crippen LogP contribution in [0.2, 0.25) is 0 Å². The second kappa shape index (κ2) is 5.47. The van der Waals surface area contributed by atoms with Crippen LogP contribution in [0.3, 0.4) is 0 Å². The summed E-state index contributed by atoms with van der Waals surface area (Å²) in [6.07, 6.45) is 7.29. The zero-order chi connectivity index (χ0) is 14.1. The first-order valence-corrected chi connectivity index (χ1v) is 7.90. The highest BCUT2D eigenvalue weighted by molar-refractivity contribution is 5.81. The van der Waals surface area contributed by atoms with E-state index >= 15 is 0 Å². The Bertz CT molecular complexity index is 534. The number of benzene rings is 1. The molecule has 1 aromatic rings. The fourth-order valence-electron chi connectivity index (χ4n) is 3.06. The molecule has 3 nitrogen and oxygen atoms in total. The van der Waals surface area contributed by atoms with Crippen molar-refractivity contribution in [1.29, 1.82) is 0 Å². The third-order valence-electron chi connectivity index (χ3n) is 4.10. The van der Waals surface area contributed by atoms with Crippen LogP contribution in [0.4, 0.5) is 0 Å². The summed E-state index contributed by atoms with van der Waals surface area (Å²) >= 11 is 0. The number of hydrogen-bond donors (Lipinski definition) is 0. The van der Waals surface area contributed by atoms with Crippen molar-refractivity contribution in [3.05, 3.63) is 28.8 Å². The molecule has 3 heteroatoms. The highest BCUT2D eigenvalue weighted by Crippen LogP contribution is 2.30. The quantitative estimate of drug-likeness (QED) is 0.786. The minimum atomic E-state index is 0.580. The highest BCUT2D eigenvalue weighted by atomic mass is 16.7. The fourth-order valence-corrected chi connectivity index (χ4v) is 3.06. The molecule has 0 N–H and O–H groups in total. The molecule has 1 aliphatic heterocycles. The number of hydrazine groups is 1. The minimum Gasteiger partial charge on any atom is -0.332 e. The second-order valence-electron chi connectivity index (χ2n) is 6.27. The van der Waals surface area contributed by atoms with E-state index in [1.54, 1.807) is 0 Å². The number of hydrogen-bond acceptors (Lipinski definition) is 2. The molecule has 3 rings (SSSR count). The highest BCUT2D eigenvalue weighted by Gasteiger charge is 2.27. The summed E-state index contributed by atoms with van der Waals surface area (Å²) in [6, 6.07) is 4.60. The summed E-state index contributed by atoms with van der Waals surface area (Å²) in [5.74, 6) is 1.60. The molecule has 0 spiro atoms. The molecule has 0 fully saturated rings. The summed E-state index contributed by atoms with van der Waals surface area (Å²) in [6.45, 7) is 8.46. The lowest BCUT2D eigenvalue weighted by Crippen LogP contribution is -2.43.